The monoisotopic (exact) mass is 352 g/mol. The molecule has 7 heteroatoms. The third-order valence-electron chi connectivity index (χ3n) is 4.20. The Labute approximate surface area is 147 Å². The number of hydrogen-bond donors (Lipinski definition) is 1. The molecule has 0 amide bonds. The lowest BCUT2D eigenvalue weighted by atomic mass is 10.1. The lowest BCUT2D eigenvalue weighted by Crippen LogP contribution is -2.23. The topological polar surface area (TPSA) is 55.6 Å². The van der Waals surface area contributed by atoms with E-state index in [1.807, 2.05) is 24.3 Å². The molecule has 0 aliphatic rings. The van der Waals surface area contributed by atoms with E-state index in [-0.39, 0.29) is 17.8 Å². The second-order valence-electron chi connectivity index (χ2n) is 5.83. The molecule has 0 atom stereocenters. The van der Waals surface area contributed by atoms with Crippen LogP contribution in [0.4, 0.5) is 8.78 Å². The Hall–Kier alpha value is -3.48. The quantitative estimate of drug-likeness (QED) is 0.612. The summed E-state index contributed by atoms with van der Waals surface area (Å²) in [6.45, 7) is -0.0392. The van der Waals surface area contributed by atoms with E-state index in [2.05, 4.69) is 10.2 Å². The molecular weight excluding hydrogens is 338 g/mol. The summed E-state index contributed by atoms with van der Waals surface area (Å²) in [6.07, 6.45) is 6.65. The predicted octanol–water partition coefficient (Wildman–Crippen LogP) is 3.36. The average molecular weight is 352 g/mol. The van der Waals surface area contributed by atoms with Crippen LogP contribution < -0.4 is 5.69 Å². The number of nitrogens with one attached hydrogen (secondary N) is 1. The van der Waals surface area contributed by atoms with Gasteiger partial charge in [-0.3, -0.25) is 14.2 Å². The second kappa shape index (κ2) is 6.44. The molecule has 26 heavy (non-hydrogen) atoms. The fourth-order valence-corrected chi connectivity index (χ4v) is 2.81. The second-order valence-corrected chi connectivity index (χ2v) is 5.83. The molecule has 4 rings (SSSR count). The van der Waals surface area contributed by atoms with Gasteiger partial charge in [0.1, 0.15) is 0 Å². The van der Waals surface area contributed by atoms with E-state index < -0.39 is 11.6 Å². The van der Waals surface area contributed by atoms with Crippen molar-refractivity contribution < 1.29 is 8.78 Å². The minimum atomic E-state index is -0.934. The fraction of sp³-hybridized carbons (Fsp3) is 0.0526. The van der Waals surface area contributed by atoms with Crippen LogP contribution in [0.15, 0.2) is 72.0 Å². The van der Waals surface area contributed by atoms with Crippen LogP contribution >= 0.6 is 0 Å². The van der Waals surface area contributed by atoms with Gasteiger partial charge in [-0.15, -0.1) is 0 Å². The molecule has 0 radical (unpaired) electrons. The van der Waals surface area contributed by atoms with Crippen molar-refractivity contribution in [1.82, 2.24) is 19.3 Å². The molecular formula is C19H14F2N4O. The highest BCUT2D eigenvalue weighted by atomic mass is 19.2. The van der Waals surface area contributed by atoms with Crippen LogP contribution in [0.25, 0.3) is 16.8 Å². The Bertz CT molecular complexity index is 1100. The van der Waals surface area contributed by atoms with Crippen LogP contribution in [0.2, 0.25) is 0 Å². The SMILES string of the molecule is O=c1n(Cc2cccc(F)c2F)ccn1-c1ccc(-c2cn[nH]c2)cc1. The Morgan fingerprint density at radius 1 is 1.00 bits per heavy atom. The summed E-state index contributed by atoms with van der Waals surface area (Å²) < 4.78 is 29.9. The molecule has 5 nitrogen and oxygen atoms in total. The molecule has 130 valence electrons. The highest BCUT2D eigenvalue weighted by molar-refractivity contribution is 5.62. The largest absolute Gasteiger partial charge is 0.333 e. The maximum atomic E-state index is 13.8. The number of halogens is 2. The van der Waals surface area contributed by atoms with Gasteiger partial charge in [0, 0.05) is 29.7 Å². The first-order valence-electron chi connectivity index (χ1n) is 7.94. The van der Waals surface area contributed by atoms with Gasteiger partial charge in [0.15, 0.2) is 11.6 Å². The minimum absolute atomic E-state index is 0.0392. The zero-order valence-electron chi connectivity index (χ0n) is 13.6. The first-order valence-corrected chi connectivity index (χ1v) is 7.94. The number of benzene rings is 2. The smallest absolute Gasteiger partial charge is 0.294 e. The maximum Gasteiger partial charge on any atom is 0.333 e. The Kier molecular flexibility index (Phi) is 3.96. The molecule has 0 spiro atoms. The highest BCUT2D eigenvalue weighted by Crippen LogP contribution is 2.19. The van der Waals surface area contributed by atoms with Gasteiger partial charge in [-0.05, 0) is 23.8 Å². The zero-order valence-corrected chi connectivity index (χ0v) is 13.6. The normalized spacial score (nSPS) is 11.0. The van der Waals surface area contributed by atoms with Crippen molar-refractivity contribution in [2.24, 2.45) is 0 Å². The van der Waals surface area contributed by atoms with Crippen LogP contribution in [0.5, 0.6) is 0 Å². The van der Waals surface area contributed by atoms with E-state index in [9.17, 15) is 13.6 Å². The van der Waals surface area contributed by atoms with Crippen LogP contribution in [-0.4, -0.2) is 19.3 Å². The summed E-state index contributed by atoms with van der Waals surface area (Å²) >= 11 is 0. The van der Waals surface area contributed by atoms with Crippen LogP contribution in [0.3, 0.4) is 0 Å². The summed E-state index contributed by atoms with van der Waals surface area (Å²) in [5.74, 6) is -1.86. The zero-order chi connectivity index (χ0) is 18.1. The Morgan fingerprint density at radius 3 is 2.54 bits per heavy atom. The van der Waals surface area contributed by atoms with Crippen LogP contribution in [-0.2, 0) is 6.54 Å². The standard InChI is InChI=1S/C19H14F2N4O/c20-17-3-1-2-14(18(17)21)12-24-8-9-25(19(24)26)16-6-4-13(5-7-16)15-10-22-23-11-15/h1-11H,12H2,(H,22,23). The molecule has 0 bridgehead atoms. The third kappa shape index (κ3) is 2.83. The Balaban J connectivity index is 1.63. The number of aromatic amines is 1. The van der Waals surface area contributed by atoms with E-state index in [1.54, 1.807) is 24.8 Å². The van der Waals surface area contributed by atoms with Crippen molar-refractivity contribution in [2.45, 2.75) is 6.54 Å². The molecule has 2 aromatic carbocycles. The van der Waals surface area contributed by atoms with E-state index in [4.69, 9.17) is 0 Å². The first-order chi connectivity index (χ1) is 12.6. The lowest BCUT2D eigenvalue weighted by Gasteiger charge is -2.05. The van der Waals surface area contributed by atoms with Gasteiger partial charge in [-0.1, -0.05) is 24.3 Å². The van der Waals surface area contributed by atoms with Crippen molar-refractivity contribution in [3.05, 3.63) is 94.9 Å². The molecule has 1 N–H and O–H groups in total. The van der Waals surface area contributed by atoms with Crippen LogP contribution in [0.1, 0.15) is 5.56 Å². The van der Waals surface area contributed by atoms with Gasteiger partial charge in [-0.25, -0.2) is 13.6 Å². The van der Waals surface area contributed by atoms with E-state index in [1.165, 1.54) is 21.3 Å². The van der Waals surface area contributed by atoms with Crippen LogP contribution in [0, 0.1) is 11.6 Å². The van der Waals surface area contributed by atoms with Gasteiger partial charge >= 0.3 is 5.69 Å². The van der Waals surface area contributed by atoms with Crippen molar-refractivity contribution in [2.75, 3.05) is 0 Å². The summed E-state index contributed by atoms with van der Waals surface area (Å²) in [6, 6.07) is 11.3. The van der Waals surface area contributed by atoms with Crippen molar-refractivity contribution in [3.63, 3.8) is 0 Å². The van der Waals surface area contributed by atoms with Gasteiger partial charge in [0.25, 0.3) is 0 Å². The first kappa shape index (κ1) is 16.0. The van der Waals surface area contributed by atoms with Gasteiger partial charge in [-0.2, -0.15) is 5.10 Å². The van der Waals surface area contributed by atoms with Crippen molar-refractivity contribution in [3.8, 4) is 16.8 Å². The van der Waals surface area contributed by atoms with Crippen molar-refractivity contribution in [1.29, 1.82) is 0 Å². The molecule has 0 saturated heterocycles. The van der Waals surface area contributed by atoms with E-state index >= 15 is 0 Å². The molecule has 0 unspecified atom stereocenters. The average Bonchev–Trinajstić information content (AvgIpc) is 3.30. The molecule has 0 saturated carbocycles. The molecule has 0 fully saturated rings. The van der Waals surface area contributed by atoms with Gasteiger partial charge in [0.2, 0.25) is 0 Å². The van der Waals surface area contributed by atoms with E-state index in [0.29, 0.717) is 5.69 Å². The summed E-state index contributed by atoms with van der Waals surface area (Å²) in [7, 11) is 0. The molecule has 2 heterocycles. The van der Waals surface area contributed by atoms with E-state index in [0.717, 1.165) is 17.2 Å². The van der Waals surface area contributed by atoms with Gasteiger partial charge < -0.3 is 0 Å². The Morgan fingerprint density at radius 2 is 1.81 bits per heavy atom. The highest BCUT2D eigenvalue weighted by Gasteiger charge is 2.11. The number of aromatic nitrogens is 4. The number of nitrogens with zero attached hydrogens (tertiary/aromatic N) is 3. The molecule has 0 aliphatic heterocycles. The summed E-state index contributed by atoms with van der Waals surface area (Å²) in [5.41, 5.74) is 2.39. The predicted molar refractivity (Wildman–Crippen MR) is 93.1 cm³/mol. The fourth-order valence-electron chi connectivity index (χ4n) is 2.81. The summed E-state index contributed by atoms with van der Waals surface area (Å²) in [5, 5.41) is 6.66. The van der Waals surface area contributed by atoms with Gasteiger partial charge in [0.05, 0.1) is 18.4 Å². The summed E-state index contributed by atoms with van der Waals surface area (Å²) in [4.78, 5) is 12.6. The third-order valence-corrected chi connectivity index (χ3v) is 4.20. The maximum absolute atomic E-state index is 13.8. The molecule has 0 aliphatic carbocycles. The number of imidazole rings is 1. The van der Waals surface area contributed by atoms with Crippen molar-refractivity contribution >= 4 is 0 Å². The number of rotatable bonds is 4. The number of hydrogen-bond acceptors (Lipinski definition) is 2. The molecule has 4 aromatic rings. The number of H-pyrrole nitrogens is 1. The molecule has 2 aromatic heterocycles. The lowest BCUT2D eigenvalue weighted by molar-refractivity contribution is 0.494. The minimum Gasteiger partial charge on any atom is -0.294 e.